The largest absolute Gasteiger partial charge is 0.348 e. The minimum absolute atomic E-state index is 0.142. The van der Waals surface area contributed by atoms with Crippen LogP contribution in [-0.2, 0) is 6.42 Å². The van der Waals surface area contributed by atoms with Crippen LogP contribution in [0.15, 0.2) is 43.0 Å². The first-order valence-corrected chi connectivity index (χ1v) is 8.80. The van der Waals surface area contributed by atoms with Gasteiger partial charge in [0.05, 0.1) is 35.6 Å². The standard InChI is InChI=1S/C18H16ClN7/c1-11-3-2-4-12-7-14(24-26(11)12)18-17-13(21-10-22-17)5-6-25(18)16-9-20-8-15(19)23-16/h2-4,7-10,18H,5-6H2,1H3,(H,21,22)/t18-/m0/s1. The number of aromatic amines is 1. The molecule has 0 aromatic carbocycles. The predicted molar refractivity (Wildman–Crippen MR) is 98.5 cm³/mol. The number of hydrogen-bond acceptors (Lipinski definition) is 5. The molecule has 7 nitrogen and oxygen atoms in total. The maximum atomic E-state index is 6.08. The number of pyridine rings is 1. The van der Waals surface area contributed by atoms with E-state index in [1.165, 1.54) is 6.20 Å². The van der Waals surface area contributed by atoms with Crippen molar-refractivity contribution in [3.05, 3.63) is 70.9 Å². The van der Waals surface area contributed by atoms with Crippen molar-refractivity contribution in [3.63, 3.8) is 0 Å². The Hall–Kier alpha value is -2.93. The van der Waals surface area contributed by atoms with Gasteiger partial charge in [0.1, 0.15) is 17.0 Å². The van der Waals surface area contributed by atoms with Crippen LogP contribution in [0.25, 0.3) is 5.52 Å². The third-order valence-corrected chi connectivity index (χ3v) is 4.97. The van der Waals surface area contributed by atoms with Crippen LogP contribution in [0.3, 0.4) is 0 Å². The molecule has 0 aliphatic carbocycles. The molecule has 130 valence electrons. The molecule has 0 radical (unpaired) electrons. The molecule has 8 heteroatoms. The van der Waals surface area contributed by atoms with E-state index >= 15 is 0 Å². The maximum absolute atomic E-state index is 6.08. The lowest BCUT2D eigenvalue weighted by Gasteiger charge is -2.34. The monoisotopic (exact) mass is 365 g/mol. The van der Waals surface area contributed by atoms with E-state index in [-0.39, 0.29) is 6.04 Å². The fourth-order valence-corrected chi connectivity index (χ4v) is 3.74. The van der Waals surface area contributed by atoms with E-state index in [9.17, 15) is 0 Å². The van der Waals surface area contributed by atoms with Crippen molar-refractivity contribution in [1.82, 2.24) is 29.5 Å². The molecule has 0 bridgehead atoms. The second-order valence-electron chi connectivity index (χ2n) is 6.39. The lowest BCUT2D eigenvalue weighted by molar-refractivity contribution is 0.608. The number of H-pyrrole nitrogens is 1. The fraction of sp³-hybridized carbons (Fsp3) is 0.222. The van der Waals surface area contributed by atoms with Gasteiger partial charge in [-0.15, -0.1) is 0 Å². The Balaban J connectivity index is 1.69. The number of aryl methyl sites for hydroxylation is 1. The first-order chi connectivity index (χ1) is 12.7. The van der Waals surface area contributed by atoms with Gasteiger partial charge in [0.15, 0.2) is 0 Å². The molecule has 0 saturated carbocycles. The van der Waals surface area contributed by atoms with Gasteiger partial charge in [-0.2, -0.15) is 5.10 Å². The van der Waals surface area contributed by atoms with Gasteiger partial charge in [0, 0.05) is 24.4 Å². The van der Waals surface area contributed by atoms with E-state index in [1.54, 1.807) is 12.5 Å². The first kappa shape index (κ1) is 15.3. The summed E-state index contributed by atoms with van der Waals surface area (Å²) in [6.07, 6.45) is 5.87. The second kappa shape index (κ2) is 5.81. The average Bonchev–Trinajstić information content (AvgIpc) is 3.28. The van der Waals surface area contributed by atoms with Crippen molar-refractivity contribution >= 4 is 22.9 Å². The molecule has 0 unspecified atom stereocenters. The van der Waals surface area contributed by atoms with Crippen molar-refractivity contribution in [3.8, 4) is 0 Å². The van der Waals surface area contributed by atoms with Crippen LogP contribution in [0.5, 0.6) is 0 Å². The summed E-state index contributed by atoms with van der Waals surface area (Å²) < 4.78 is 1.96. The molecule has 0 amide bonds. The zero-order valence-electron chi connectivity index (χ0n) is 14.1. The molecule has 1 aliphatic rings. The molecular formula is C18H16ClN7. The summed E-state index contributed by atoms with van der Waals surface area (Å²) in [6, 6.07) is 8.10. The molecule has 1 atom stereocenters. The van der Waals surface area contributed by atoms with Gasteiger partial charge in [-0.3, -0.25) is 4.98 Å². The van der Waals surface area contributed by atoms with E-state index in [0.717, 1.165) is 47.1 Å². The third-order valence-electron chi connectivity index (χ3n) is 4.79. The van der Waals surface area contributed by atoms with Gasteiger partial charge in [0.25, 0.3) is 0 Å². The highest BCUT2D eigenvalue weighted by Crippen LogP contribution is 2.36. The first-order valence-electron chi connectivity index (χ1n) is 8.42. The lowest BCUT2D eigenvalue weighted by Crippen LogP contribution is -2.37. The topological polar surface area (TPSA) is 75.0 Å². The summed E-state index contributed by atoms with van der Waals surface area (Å²) >= 11 is 6.08. The number of halogens is 1. The molecule has 5 heterocycles. The van der Waals surface area contributed by atoms with Crippen LogP contribution in [-0.4, -0.2) is 36.1 Å². The van der Waals surface area contributed by atoms with Gasteiger partial charge in [0.2, 0.25) is 0 Å². The van der Waals surface area contributed by atoms with Gasteiger partial charge in [-0.05, 0) is 25.1 Å². The molecule has 0 fully saturated rings. The summed E-state index contributed by atoms with van der Waals surface area (Å²) in [5, 5.41) is 5.23. The summed E-state index contributed by atoms with van der Waals surface area (Å²) in [5.74, 6) is 0.727. The molecule has 4 aromatic rings. The Labute approximate surface area is 154 Å². The molecule has 0 saturated heterocycles. The molecular weight excluding hydrogens is 350 g/mol. The van der Waals surface area contributed by atoms with Gasteiger partial charge >= 0.3 is 0 Å². The van der Waals surface area contributed by atoms with Crippen molar-refractivity contribution in [2.75, 3.05) is 11.4 Å². The summed E-state index contributed by atoms with van der Waals surface area (Å²) in [7, 11) is 0. The van der Waals surface area contributed by atoms with Crippen molar-refractivity contribution in [2.45, 2.75) is 19.4 Å². The highest BCUT2D eigenvalue weighted by molar-refractivity contribution is 6.29. The van der Waals surface area contributed by atoms with Crippen molar-refractivity contribution in [1.29, 1.82) is 0 Å². The van der Waals surface area contributed by atoms with E-state index < -0.39 is 0 Å². The second-order valence-corrected chi connectivity index (χ2v) is 6.77. The van der Waals surface area contributed by atoms with E-state index in [0.29, 0.717) is 5.15 Å². The maximum Gasteiger partial charge on any atom is 0.149 e. The number of hydrogen-bond donors (Lipinski definition) is 1. The normalized spacial score (nSPS) is 16.8. The van der Waals surface area contributed by atoms with E-state index in [1.807, 2.05) is 23.6 Å². The number of nitrogens with one attached hydrogen (secondary N) is 1. The van der Waals surface area contributed by atoms with Crippen molar-refractivity contribution in [2.24, 2.45) is 0 Å². The minimum atomic E-state index is -0.142. The van der Waals surface area contributed by atoms with Crippen LogP contribution >= 0.6 is 11.6 Å². The fourth-order valence-electron chi connectivity index (χ4n) is 3.60. The van der Waals surface area contributed by atoms with Crippen LogP contribution < -0.4 is 4.90 Å². The van der Waals surface area contributed by atoms with Gasteiger partial charge in [-0.1, -0.05) is 17.7 Å². The van der Waals surface area contributed by atoms with Crippen LogP contribution in [0.1, 0.15) is 28.8 Å². The molecule has 26 heavy (non-hydrogen) atoms. The number of anilines is 1. The lowest BCUT2D eigenvalue weighted by atomic mass is 10.00. The van der Waals surface area contributed by atoms with Crippen LogP contribution in [0.2, 0.25) is 5.15 Å². The Kier molecular flexibility index (Phi) is 3.43. The number of rotatable bonds is 2. The SMILES string of the molecule is Cc1cccc2cc([C@H]3c4nc[nH]c4CCN3c3cncc(Cl)n3)nn12. The number of aromatic nitrogens is 6. The number of imidazole rings is 1. The van der Waals surface area contributed by atoms with Crippen LogP contribution in [0, 0.1) is 6.92 Å². The van der Waals surface area contributed by atoms with Gasteiger partial charge in [-0.25, -0.2) is 14.5 Å². The molecule has 0 spiro atoms. The van der Waals surface area contributed by atoms with E-state index in [4.69, 9.17) is 16.7 Å². The molecule has 1 N–H and O–H groups in total. The quantitative estimate of drug-likeness (QED) is 0.591. The minimum Gasteiger partial charge on any atom is -0.348 e. The Morgan fingerprint density at radius 3 is 3.04 bits per heavy atom. The average molecular weight is 366 g/mol. The van der Waals surface area contributed by atoms with Crippen LogP contribution in [0.4, 0.5) is 5.82 Å². The number of fused-ring (bicyclic) bond motifs is 2. The summed E-state index contributed by atoms with van der Waals surface area (Å²) in [6.45, 7) is 2.83. The molecule has 1 aliphatic heterocycles. The van der Waals surface area contributed by atoms with Gasteiger partial charge < -0.3 is 9.88 Å². The van der Waals surface area contributed by atoms with E-state index in [2.05, 4.69) is 37.0 Å². The zero-order chi connectivity index (χ0) is 17.7. The third kappa shape index (κ3) is 2.35. The Bertz CT molecular complexity index is 1100. The molecule has 5 rings (SSSR count). The highest BCUT2D eigenvalue weighted by Gasteiger charge is 2.34. The predicted octanol–water partition coefficient (Wildman–Crippen LogP) is 2.96. The Morgan fingerprint density at radius 1 is 1.27 bits per heavy atom. The zero-order valence-corrected chi connectivity index (χ0v) is 14.9. The Morgan fingerprint density at radius 2 is 2.19 bits per heavy atom. The van der Waals surface area contributed by atoms with Crippen molar-refractivity contribution < 1.29 is 0 Å². The highest BCUT2D eigenvalue weighted by atomic mass is 35.5. The smallest absolute Gasteiger partial charge is 0.149 e. The summed E-state index contributed by atoms with van der Waals surface area (Å²) in [5.41, 5.74) is 5.17. The summed E-state index contributed by atoms with van der Waals surface area (Å²) in [4.78, 5) is 18.7. The number of nitrogens with zero attached hydrogens (tertiary/aromatic N) is 6. The molecule has 4 aromatic heterocycles.